The van der Waals surface area contributed by atoms with E-state index in [9.17, 15) is 9.90 Å². The van der Waals surface area contributed by atoms with Crippen LogP contribution in [0.3, 0.4) is 0 Å². The summed E-state index contributed by atoms with van der Waals surface area (Å²) in [6.07, 6.45) is 5.24. The number of aromatic nitrogens is 5. The maximum absolute atomic E-state index is 11.3. The molecule has 164 valence electrons. The van der Waals surface area contributed by atoms with Gasteiger partial charge in [0.25, 0.3) is 0 Å². The van der Waals surface area contributed by atoms with Crippen molar-refractivity contribution >= 4 is 11.8 Å². The second kappa shape index (κ2) is 9.67. The number of aryl methyl sites for hydroxylation is 4. The summed E-state index contributed by atoms with van der Waals surface area (Å²) in [7, 11) is 0. The third-order valence-electron chi connectivity index (χ3n) is 5.29. The van der Waals surface area contributed by atoms with Crippen molar-refractivity contribution in [3.05, 3.63) is 46.8 Å². The van der Waals surface area contributed by atoms with Crippen LogP contribution in [0, 0.1) is 0 Å². The molecule has 2 N–H and O–H groups in total. The number of nitrogens with one attached hydrogen (secondary N) is 1. The van der Waals surface area contributed by atoms with E-state index in [0.29, 0.717) is 30.4 Å². The number of hydrogen-bond donors (Lipinski definition) is 2. The molecule has 10 heteroatoms. The summed E-state index contributed by atoms with van der Waals surface area (Å²) < 4.78 is 10.6. The Hall–Kier alpha value is -3.30. The Morgan fingerprint density at radius 3 is 2.84 bits per heavy atom. The zero-order chi connectivity index (χ0) is 21.6. The zero-order valence-corrected chi connectivity index (χ0v) is 17.5. The van der Waals surface area contributed by atoms with Crippen LogP contribution in [0.25, 0.3) is 0 Å². The number of carboxylic acid groups (broad SMARTS) is 1. The minimum absolute atomic E-state index is 0.152. The van der Waals surface area contributed by atoms with E-state index in [0.717, 1.165) is 43.7 Å². The molecule has 3 aromatic heterocycles. The van der Waals surface area contributed by atoms with E-state index in [1.54, 1.807) is 0 Å². The van der Waals surface area contributed by atoms with Crippen molar-refractivity contribution in [1.82, 2.24) is 25.3 Å². The number of nitrogens with zero attached hydrogens (tertiary/aromatic N) is 5. The fourth-order valence-corrected chi connectivity index (χ4v) is 3.66. The molecule has 0 amide bonds. The van der Waals surface area contributed by atoms with E-state index in [4.69, 9.17) is 14.0 Å². The predicted octanol–water partition coefficient (Wildman–Crippen LogP) is 2.74. The number of anilines is 1. The van der Waals surface area contributed by atoms with E-state index in [-0.39, 0.29) is 18.7 Å². The SMILES string of the molecule is CCc1noc(C(CC(=O)O)Cc2nc(CCCc3ccc4c(n3)NCCC4)no2)n1. The molecule has 0 aliphatic carbocycles. The van der Waals surface area contributed by atoms with Gasteiger partial charge in [0.1, 0.15) is 5.82 Å². The first kappa shape index (κ1) is 21.0. The Bertz CT molecular complexity index is 1030. The first-order chi connectivity index (χ1) is 15.1. The second-order valence-corrected chi connectivity index (χ2v) is 7.70. The van der Waals surface area contributed by atoms with Crippen LogP contribution in [-0.2, 0) is 36.9 Å². The number of rotatable bonds is 10. The van der Waals surface area contributed by atoms with Crippen molar-refractivity contribution in [3.63, 3.8) is 0 Å². The van der Waals surface area contributed by atoms with Crippen molar-refractivity contribution in [1.29, 1.82) is 0 Å². The molecular weight excluding hydrogens is 400 g/mol. The molecule has 0 fully saturated rings. The lowest BCUT2D eigenvalue weighted by Crippen LogP contribution is -2.14. The van der Waals surface area contributed by atoms with Gasteiger partial charge in [-0.25, -0.2) is 4.98 Å². The molecule has 1 aliphatic heterocycles. The van der Waals surface area contributed by atoms with E-state index in [1.807, 2.05) is 6.92 Å². The molecule has 0 saturated heterocycles. The Labute approximate surface area is 179 Å². The number of pyridine rings is 1. The Balaban J connectivity index is 1.33. The number of hydrogen-bond acceptors (Lipinski definition) is 9. The third kappa shape index (κ3) is 5.44. The molecule has 1 aliphatic rings. The summed E-state index contributed by atoms with van der Waals surface area (Å²) in [5.41, 5.74) is 2.32. The molecule has 1 atom stereocenters. The summed E-state index contributed by atoms with van der Waals surface area (Å²) in [4.78, 5) is 24.6. The topological polar surface area (TPSA) is 140 Å². The number of carbonyl (C=O) groups is 1. The highest BCUT2D eigenvalue weighted by Crippen LogP contribution is 2.23. The van der Waals surface area contributed by atoms with Gasteiger partial charge in [-0.1, -0.05) is 23.3 Å². The molecule has 0 radical (unpaired) electrons. The average Bonchev–Trinajstić information content (AvgIpc) is 3.42. The van der Waals surface area contributed by atoms with Crippen LogP contribution in [0.15, 0.2) is 21.2 Å². The van der Waals surface area contributed by atoms with Gasteiger partial charge >= 0.3 is 5.97 Å². The van der Waals surface area contributed by atoms with E-state index in [1.165, 1.54) is 5.56 Å². The van der Waals surface area contributed by atoms with Gasteiger partial charge in [0.15, 0.2) is 11.6 Å². The average molecular weight is 426 g/mol. The van der Waals surface area contributed by atoms with Crippen LogP contribution in [0.5, 0.6) is 0 Å². The van der Waals surface area contributed by atoms with Crippen LogP contribution in [-0.4, -0.2) is 42.9 Å². The maximum Gasteiger partial charge on any atom is 0.304 e. The van der Waals surface area contributed by atoms with Gasteiger partial charge in [0.2, 0.25) is 11.8 Å². The molecule has 10 nitrogen and oxygen atoms in total. The fourth-order valence-electron chi connectivity index (χ4n) is 3.66. The zero-order valence-electron chi connectivity index (χ0n) is 17.5. The Morgan fingerprint density at radius 1 is 1.16 bits per heavy atom. The van der Waals surface area contributed by atoms with Crippen LogP contribution >= 0.6 is 0 Å². The molecule has 4 heterocycles. The summed E-state index contributed by atoms with van der Waals surface area (Å²) in [5.74, 6) is 1.34. The van der Waals surface area contributed by atoms with E-state index < -0.39 is 11.9 Å². The van der Waals surface area contributed by atoms with Crippen LogP contribution in [0.2, 0.25) is 0 Å². The molecule has 1 unspecified atom stereocenters. The van der Waals surface area contributed by atoms with Crippen LogP contribution in [0.4, 0.5) is 5.82 Å². The summed E-state index contributed by atoms with van der Waals surface area (Å²) in [5, 5.41) is 20.5. The van der Waals surface area contributed by atoms with Gasteiger partial charge in [-0.05, 0) is 37.3 Å². The third-order valence-corrected chi connectivity index (χ3v) is 5.29. The normalized spacial score (nSPS) is 14.1. The van der Waals surface area contributed by atoms with Crippen LogP contribution < -0.4 is 5.32 Å². The molecule has 4 rings (SSSR count). The molecule has 0 bridgehead atoms. The van der Waals surface area contributed by atoms with Crippen molar-refractivity contribution in [3.8, 4) is 0 Å². The van der Waals surface area contributed by atoms with Crippen LogP contribution in [0.1, 0.15) is 66.8 Å². The lowest BCUT2D eigenvalue weighted by Gasteiger charge is -2.17. The summed E-state index contributed by atoms with van der Waals surface area (Å²) in [6.45, 7) is 2.88. The number of fused-ring (bicyclic) bond motifs is 1. The monoisotopic (exact) mass is 426 g/mol. The second-order valence-electron chi connectivity index (χ2n) is 7.70. The Kier molecular flexibility index (Phi) is 6.54. The first-order valence-electron chi connectivity index (χ1n) is 10.7. The summed E-state index contributed by atoms with van der Waals surface area (Å²) in [6, 6.07) is 4.24. The van der Waals surface area contributed by atoms with Gasteiger partial charge < -0.3 is 19.5 Å². The molecule has 31 heavy (non-hydrogen) atoms. The van der Waals surface area contributed by atoms with Gasteiger partial charge in [-0.3, -0.25) is 4.79 Å². The lowest BCUT2D eigenvalue weighted by molar-refractivity contribution is -0.137. The largest absolute Gasteiger partial charge is 0.481 e. The molecule has 0 saturated carbocycles. The van der Waals surface area contributed by atoms with Crippen molar-refractivity contribution in [2.75, 3.05) is 11.9 Å². The number of carboxylic acids is 1. The van der Waals surface area contributed by atoms with Crippen molar-refractivity contribution < 1.29 is 18.9 Å². The minimum Gasteiger partial charge on any atom is -0.481 e. The van der Waals surface area contributed by atoms with Crippen molar-refractivity contribution in [2.45, 2.75) is 64.2 Å². The lowest BCUT2D eigenvalue weighted by atomic mass is 10.0. The predicted molar refractivity (Wildman–Crippen MR) is 110 cm³/mol. The van der Waals surface area contributed by atoms with E-state index >= 15 is 0 Å². The smallest absolute Gasteiger partial charge is 0.304 e. The minimum atomic E-state index is -0.951. The quantitative estimate of drug-likeness (QED) is 0.497. The summed E-state index contributed by atoms with van der Waals surface area (Å²) >= 11 is 0. The van der Waals surface area contributed by atoms with Gasteiger partial charge in [-0.2, -0.15) is 9.97 Å². The highest BCUT2D eigenvalue weighted by Gasteiger charge is 2.25. The highest BCUT2D eigenvalue weighted by atomic mass is 16.5. The molecule has 0 spiro atoms. The standard InChI is InChI=1S/C21H26N6O4/c1-2-16-25-21(31-26-16)14(12-19(28)29)11-18-24-17(27-30-18)7-3-6-15-9-8-13-5-4-10-22-20(13)23-15/h8-9,14H,2-7,10-12H2,1H3,(H,22,23)(H,28,29). The molecule has 3 aromatic rings. The van der Waals surface area contributed by atoms with Gasteiger partial charge in [0.05, 0.1) is 12.3 Å². The fraction of sp³-hybridized carbons (Fsp3) is 0.524. The molecule has 0 aromatic carbocycles. The highest BCUT2D eigenvalue weighted by molar-refractivity contribution is 5.67. The molecular formula is C21H26N6O4. The van der Waals surface area contributed by atoms with Gasteiger partial charge in [0, 0.05) is 31.5 Å². The maximum atomic E-state index is 11.3. The number of aliphatic carboxylic acids is 1. The van der Waals surface area contributed by atoms with Gasteiger partial charge in [-0.15, -0.1) is 0 Å². The van der Waals surface area contributed by atoms with Crippen molar-refractivity contribution in [2.24, 2.45) is 0 Å². The Morgan fingerprint density at radius 2 is 2.03 bits per heavy atom. The first-order valence-corrected chi connectivity index (χ1v) is 10.7. The van der Waals surface area contributed by atoms with E-state index in [2.05, 4.69) is 37.7 Å².